The molecule has 4 heterocycles. The number of hydrogen-bond acceptors (Lipinski definition) is 6. The van der Waals surface area contributed by atoms with Gasteiger partial charge in [-0.15, -0.1) is 11.3 Å². The molecule has 1 unspecified atom stereocenters. The van der Waals surface area contributed by atoms with Gasteiger partial charge in [0.1, 0.15) is 22.3 Å². The number of fused-ring (bicyclic) bond motifs is 20. The molecule has 23 aromatic carbocycles. The van der Waals surface area contributed by atoms with E-state index in [9.17, 15) is 0 Å². The molecule has 1 aliphatic carbocycles. The van der Waals surface area contributed by atoms with Gasteiger partial charge in [0.05, 0.1) is 0 Å². The maximum Gasteiger partial charge on any atom is 0.143 e. The van der Waals surface area contributed by atoms with E-state index < -0.39 is 0 Å². The zero-order valence-corrected chi connectivity index (χ0v) is 77.9. The quantitative estimate of drug-likeness (QED) is 0.102. The van der Waals surface area contributed by atoms with E-state index >= 15 is 0 Å². The van der Waals surface area contributed by atoms with Gasteiger partial charge in [-0.2, -0.15) is 0 Å². The molecular formula is C134H86N2O2S2. The molecule has 6 heteroatoms. The van der Waals surface area contributed by atoms with Crippen LogP contribution in [-0.4, -0.2) is 0 Å². The molecule has 656 valence electrons. The highest BCUT2D eigenvalue weighted by Gasteiger charge is 2.34. The molecule has 2 aliphatic rings. The van der Waals surface area contributed by atoms with E-state index in [0.29, 0.717) is 5.92 Å². The van der Waals surface area contributed by atoms with Crippen molar-refractivity contribution in [2.45, 2.75) is 17.2 Å². The SMILES string of the molecule is C1=c2ccccc2=C2Sc3c(cc4ccccc4c3-c3ccc(-c4ccc(N(c5ccc(-c6ccccc6)cc5)c5ccc(-c6ccc(-c7cccc8c7oc7c9ccccc9ccc87)cc6)cc5)cc4)cc3)C2C1.c1ccc(-c2cccc(-c3ccc(N(c4ccc(-c5cccc6c5oc5c7ccccc7ccc65)cc4)c4ccc(-c5cccc6c5sc5c7ccccc7ccc65)cc4)cc3)c2)cc1. The molecule has 28 rings (SSSR count). The summed E-state index contributed by atoms with van der Waals surface area (Å²) in [5.41, 5.74) is 33.0. The van der Waals surface area contributed by atoms with Crippen LogP contribution >= 0.6 is 23.1 Å². The van der Waals surface area contributed by atoms with Crippen molar-refractivity contribution >= 4 is 175 Å². The predicted molar refractivity (Wildman–Crippen MR) is 595 cm³/mol. The fourth-order valence-corrected chi connectivity index (χ4v) is 24.6. The second-order valence-corrected chi connectivity index (χ2v) is 38.8. The third kappa shape index (κ3) is 14.4. The molecule has 3 aromatic heterocycles. The lowest BCUT2D eigenvalue weighted by molar-refractivity contribution is 0.673. The van der Waals surface area contributed by atoms with Gasteiger partial charge in [-0.05, 0) is 235 Å². The average molecular weight is 1820 g/mol. The summed E-state index contributed by atoms with van der Waals surface area (Å²) in [7, 11) is 0. The second-order valence-electron chi connectivity index (χ2n) is 36.7. The first-order valence-corrected chi connectivity index (χ1v) is 49.7. The third-order valence-corrected chi connectivity index (χ3v) is 31.4. The van der Waals surface area contributed by atoms with E-state index in [2.05, 4.69) is 513 Å². The summed E-state index contributed by atoms with van der Waals surface area (Å²) in [4.78, 5) is 7.61. The molecule has 0 spiro atoms. The highest BCUT2D eigenvalue weighted by Crippen LogP contribution is 2.57. The Balaban J connectivity index is 0.000000142. The Morgan fingerprint density at radius 3 is 1.04 bits per heavy atom. The molecule has 0 saturated carbocycles. The minimum Gasteiger partial charge on any atom is -0.455 e. The van der Waals surface area contributed by atoms with Crippen molar-refractivity contribution in [2.75, 3.05) is 9.80 Å². The summed E-state index contributed by atoms with van der Waals surface area (Å²) in [6.45, 7) is 0. The number of anilines is 6. The van der Waals surface area contributed by atoms with E-state index in [1.807, 2.05) is 23.1 Å². The van der Waals surface area contributed by atoms with Crippen LogP contribution in [0.15, 0.2) is 511 Å². The van der Waals surface area contributed by atoms with Crippen LogP contribution in [0.5, 0.6) is 0 Å². The third-order valence-electron chi connectivity index (χ3n) is 28.7. The van der Waals surface area contributed by atoms with E-state index in [1.165, 1.54) is 145 Å². The minimum atomic E-state index is 0.400. The van der Waals surface area contributed by atoms with Gasteiger partial charge >= 0.3 is 0 Å². The Morgan fingerprint density at radius 1 is 0.214 bits per heavy atom. The van der Waals surface area contributed by atoms with Crippen LogP contribution in [-0.2, 0) is 0 Å². The Morgan fingerprint density at radius 2 is 0.543 bits per heavy atom. The summed E-state index contributed by atoms with van der Waals surface area (Å²) in [6, 6.07) is 181. The summed E-state index contributed by atoms with van der Waals surface area (Å²) >= 11 is 3.89. The zero-order chi connectivity index (χ0) is 92.2. The van der Waals surface area contributed by atoms with E-state index in [4.69, 9.17) is 8.83 Å². The molecule has 140 heavy (non-hydrogen) atoms. The summed E-state index contributed by atoms with van der Waals surface area (Å²) in [6.07, 6.45) is 3.47. The number of benzene rings is 23. The van der Waals surface area contributed by atoms with E-state index in [0.717, 1.165) is 129 Å². The fraction of sp³-hybridized carbons (Fsp3) is 0.0149. The van der Waals surface area contributed by atoms with Gasteiger partial charge in [0.2, 0.25) is 0 Å². The van der Waals surface area contributed by atoms with Crippen LogP contribution < -0.4 is 20.2 Å². The molecule has 0 bridgehead atoms. The summed E-state index contributed by atoms with van der Waals surface area (Å²) in [5.74, 6) is 0.400. The van der Waals surface area contributed by atoms with Gasteiger partial charge in [0.25, 0.3) is 0 Å². The number of para-hydroxylation sites is 2. The normalized spacial score (nSPS) is 12.8. The number of rotatable bonds is 15. The van der Waals surface area contributed by atoms with Gasteiger partial charge in [-0.3, -0.25) is 0 Å². The maximum atomic E-state index is 6.75. The molecule has 0 fully saturated rings. The number of thiophene rings is 1. The molecule has 0 amide bonds. The highest BCUT2D eigenvalue weighted by molar-refractivity contribution is 8.08. The van der Waals surface area contributed by atoms with Crippen LogP contribution in [0.2, 0.25) is 0 Å². The largest absolute Gasteiger partial charge is 0.455 e. The van der Waals surface area contributed by atoms with Crippen LogP contribution in [0.3, 0.4) is 0 Å². The van der Waals surface area contributed by atoms with Gasteiger partial charge < -0.3 is 18.6 Å². The van der Waals surface area contributed by atoms with Crippen molar-refractivity contribution in [3.05, 3.63) is 513 Å². The Labute approximate surface area is 818 Å². The van der Waals surface area contributed by atoms with Crippen molar-refractivity contribution in [3.63, 3.8) is 0 Å². The second kappa shape index (κ2) is 34.4. The van der Waals surface area contributed by atoms with Crippen molar-refractivity contribution < 1.29 is 8.83 Å². The lowest BCUT2D eigenvalue weighted by Gasteiger charge is -2.26. The minimum absolute atomic E-state index is 0.400. The van der Waals surface area contributed by atoms with Gasteiger partial charge in [-0.25, -0.2) is 0 Å². The Bertz CT molecular complexity index is 9310. The lowest BCUT2D eigenvalue weighted by Crippen LogP contribution is -2.29. The average Bonchev–Trinajstić information content (AvgIpc) is 1.58. The van der Waals surface area contributed by atoms with Crippen molar-refractivity contribution in [2.24, 2.45) is 0 Å². The number of furan rings is 2. The van der Waals surface area contributed by atoms with Gasteiger partial charge in [0.15, 0.2) is 0 Å². The van der Waals surface area contributed by atoms with Crippen LogP contribution in [0.1, 0.15) is 17.9 Å². The topological polar surface area (TPSA) is 32.8 Å². The van der Waals surface area contributed by atoms with Crippen molar-refractivity contribution in [3.8, 4) is 100 Å². The molecule has 26 aromatic rings. The first-order chi connectivity index (χ1) is 69.4. The van der Waals surface area contributed by atoms with Gasteiger partial charge in [-0.1, -0.05) is 418 Å². The molecule has 1 aliphatic heterocycles. The highest BCUT2D eigenvalue weighted by atomic mass is 32.2. The Kier molecular flexibility index (Phi) is 20.2. The molecule has 1 atom stereocenters. The van der Waals surface area contributed by atoms with Gasteiger partial charge in [0, 0.05) is 119 Å². The van der Waals surface area contributed by atoms with E-state index in [-0.39, 0.29) is 0 Å². The lowest BCUT2D eigenvalue weighted by atomic mass is 9.86. The molecular weight excluding hydrogens is 1730 g/mol. The fourth-order valence-electron chi connectivity index (χ4n) is 21.7. The molecule has 0 radical (unpaired) electrons. The molecule has 0 N–H and O–H groups in total. The summed E-state index contributed by atoms with van der Waals surface area (Å²) < 4.78 is 16.1. The smallest absolute Gasteiger partial charge is 0.143 e. The maximum absolute atomic E-state index is 6.75. The standard InChI is InChI=1S/C72H47NOS.C62H39NOS/c1-2-11-46(12-3-1)49-29-37-57(38-30-49)73(58-39-31-50(32-40-58)47-21-25-54(26-22-47)62-19-10-20-64-65-43-35-52-13-4-8-17-61(52)70(65)74-69(62)64)59-41-33-51(34-42-59)48-23-27-55(28-24-48)68-60-16-7-6-15-56(60)45-67-66-44-36-53-14-5-9-18-63(53)71(66)75-72(67)68;1-2-11-40(12-3-1)46-15-8-16-47(39-46)41-23-31-48(32-24-41)63(49-33-25-44(26-34-49)52-19-9-21-55-56-37-29-42-13-4-6-17-51(42)60(56)64-59(52)55)50-35-27-45(28-36-50)54-20-10-22-57-58-38-30-43-14-5-7-18-53(43)62(58)65-61(54)57/h1-43,45,66H,44H2;1-39H. The monoisotopic (exact) mass is 1820 g/mol. The number of hydrogen-bond donors (Lipinski definition) is 0. The number of nitrogens with zero attached hydrogens (tertiary/aromatic N) is 2. The summed E-state index contributed by atoms with van der Waals surface area (Å²) in [5, 5.41) is 19.7. The van der Waals surface area contributed by atoms with Crippen LogP contribution in [0.25, 0.3) is 218 Å². The van der Waals surface area contributed by atoms with Crippen molar-refractivity contribution in [1.29, 1.82) is 0 Å². The van der Waals surface area contributed by atoms with E-state index in [1.54, 1.807) is 0 Å². The Hall–Kier alpha value is -17.4. The first kappa shape index (κ1) is 82.1. The predicted octanol–water partition coefficient (Wildman–Crippen LogP) is 37.3. The first-order valence-electron chi connectivity index (χ1n) is 48.0. The van der Waals surface area contributed by atoms with Crippen LogP contribution in [0.4, 0.5) is 34.1 Å². The molecule has 4 nitrogen and oxygen atoms in total. The zero-order valence-electron chi connectivity index (χ0n) is 76.2. The number of thioether (sulfide) groups is 1. The van der Waals surface area contributed by atoms with Crippen LogP contribution in [0, 0.1) is 0 Å². The molecule has 0 saturated heterocycles. The van der Waals surface area contributed by atoms with Crippen molar-refractivity contribution in [1.82, 2.24) is 0 Å².